The Labute approximate surface area is 176 Å². The Bertz CT molecular complexity index is 577. The number of carbonyl (C=O) groups is 2. The minimum Gasteiger partial charge on any atom is -0.355 e. The Morgan fingerprint density at radius 1 is 1.10 bits per heavy atom. The zero-order chi connectivity index (χ0) is 20.2. The van der Waals surface area contributed by atoms with Gasteiger partial charge in [0.05, 0.1) is 6.54 Å². The predicted molar refractivity (Wildman–Crippen MR) is 115 cm³/mol. The van der Waals surface area contributed by atoms with Crippen LogP contribution in [-0.4, -0.2) is 84.9 Å². The van der Waals surface area contributed by atoms with E-state index in [0.29, 0.717) is 30.3 Å². The Hall–Kier alpha value is -1.14. The SMILES string of the molecule is CN(CCCNC(=O)CN1CC2CC(C1)[C@H]1CCCC(=O)N1C2)C1CCCCC1. The summed E-state index contributed by atoms with van der Waals surface area (Å²) in [5, 5.41) is 3.15. The molecule has 6 heteroatoms. The van der Waals surface area contributed by atoms with Crippen molar-refractivity contribution in [3.05, 3.63) is 0 Å². The molecule has 1 N–H and O–H groups in total. The van der Waals surface area contributed by atoms with Gasteiger partial charge in [0.1, 0.15) is 0 Å². The monoisotopic (exact) mass is 404 g/mol. The minimum atomic E-state index is 0.168. The molecule has 4 aliphatic rings. The maximum Gasteiger partial charge on any atom is 0.234 e. The second kappa shape index (κ2) is 9.78. The van der Waals surface area contributed by atoms with Gasteiger partial charge in [-0.2, -0.15) is 0 Å². The van der Waals surface area contributed by atoms with Crippen molar-refractivity contribution in [2.75, 3.05) is 46.3 Å². The van der Waals surface area contributed by atoms with Gasteiger partial charge < -0.3 is 15.1 Å². The zero-order valence-corrected chi connectivity index (χ0v) is 18.3. The van der Waals surface area contributed by atoms with Crippen LogP contribution in [0.4, 0.5) is 0 Å². The van der Waals surface area contributed by atoms with E-state index in [4.69, 9.17) is 0 Å². The Morgan fingerprint density at radius 2 is 1.93 bits per heavy atom. The summed E-state index contributed by atoms with van der Waals surface area (Å²) in [6.07, 6.45) is 12.0. The summed E-state index contributed by atoms with van der Waals surface area (Å²) in [5.74, 6) is 1.63. The average molecular weight is 405 g/mol. The van der Waals surface area contributed by atoms with E-state index in [1.54, 1.807) is 0 Å². The molecule has 2 amide bonds. The van der Waals surface area contributed by atoms with Crippen LogP contribution in [0, 0.1) is 11.8 Å². The number of likely N-dealkylation sites (tertiary alicyclic amines) is 1. The molecule has 3 aliphatic heterocycles. The first-order valence-corrected chi connectivity index (χ1v) is 12.1. The van der Waals surface area contributed by atoms with Gasteiger partial charge in [-0.1, -0.05) is 19.3 Å². The van der Waals surface area contributed by atoms with Crippen molar-refractivity contribution in [3.8, 4) is 0 Å². The molecule has 2 unspecified atom stereocenters. The Balaban J connectivity index is 1.15. The fraction of sp³-hybridized carbons (Fsp3) is 0.913. The molecule has 0 aromatic heterocycles. The number of nitrogens with one attached hydrogen (secondary N) is 1. The normalized spacial score (nSPS) is 31.0. The molecule has 29 heavy (non-hydrogen) atoms. The number of hydrogen-bond acceptors (Lipinski definition) is 4. The van der Waals surface area contributed by atoms with Crippen molar-refractivity contribution in [1.29, 1.82) is 0 Å². The van der Waals surface area contributed by atoms with Crippen LogP contribution in [0.5, 0.6) is 0 Å². The zero-order valence-electron chi connectivity index (χ0n) is 18.3. The lowest BCUT2D eigenvalue weighted by molar-refractivity contribution is -0.145. The maximum absolute atomic E-state index is 12.5. The van der Waals surface area contributed by atoms with Crippen molar-refractivity contribution < 1.29 is 9.59 Å². The fourth-order valence-corrected chi connectivity index (χ4v) is 6.36. The van der Waals surface area contributed by atoms with Crippen LogP contribution < -0.4 is 5.32 Å². The number of fused-ring (bicyclic) bond motifs is 4. The number of carbonyl (C=O) groups excluding carboxylic acids is 2. The molecule has 3 heterocycles. The molecule has 0 spiro atoms. The van der Waals surface area contributed by atoms with E-state index in [1.807, 2.05) is 0 Å². The maximum atomic E-state index is 12.5. The molecule has 0 aromatic rings. The lowest BCUT2D eigenvalue weighted by atomic mass is 9.76. The van der Waals surface area contributed by atoms with Crippen LogP contribution >= 0.6 is 0 Å². The van der Waals surface area contributed by atoms with Gasteiger partial charge in [0, 0.05) is 44.7 Å². The molecule has 1 saturated carbocycles. The Morgan fingerprint density at radius 3 is 2.76 bits per heavy atom. The summed E-state index contributed by atoms with van der Waals surface area (Å²) in [4.78, 5) is 31.8. The molecule has 164 valence electrons. The third kappa shape index (κ3) is 5.32. The van der Waals surface area contributed by atoms with Gasteiger partial charge in [-0.3, -0.25) is 14.5 Å². The smallest absolute Gasteiger partial charge is 0.234 e. The van der Waals surface area contributed by atoms with Crippen LogP contribution in [0.1, 0.15) is 64.2 Å². The highest BCUT2D eigenvalue weighted by molar-refractivity contribution is 5.78. The van der Waals surface area contributed by atoms with Crippen molar-refractivity contribution in [2.24, 2.45) is 11.8 Å². The number of rotatable bonds is 7. The van der Waals surface area contributed by atoms with E-state index in [2.05, 4.69) is 27.1 Å². The van der Waals surface area contributed by atoms with Crippen LogP contribution in [0.25, 0.3) is 0 Å². The Kier molecular flexibility index (Phi) is 7.12. The van der Waals surface area contributed by atoms with E-state index in [1.165, 1.54) is 38.5 Å². The van der Waals surface area contributed by atoms with Gasteiger partial charge in [0.2, 0.25) is 11.8 Å². The average Bonchev–Trinajstić information content (AvgIpc) is 2.72. The molecule has 2 bridgehead atoms. The largest absolute Gasteiger partial charge is 0.355 e. The van der Waals surface area contributed by atoms with Gasteiger partial charge >= 0.3 is 0 Å². The first kappa shape index (κ1) is 21.1. The standard InChI is InChI=1S/C23H40N4O2/c1-25(20-7-3-2-4-8-20)12-6-11-24-22(28)17-26-14-18-13-19(16-26)21-9-5-10-23(29)27(21)15-18/h18-21H,2-17H2,1H3,(H,24,28)/t18?,19?,21-/m1/s1. The topological polar surface area (TPSA) is 55.9 Å². The summed E-state index contributed by atoms with van der Waals surface area (Å²) < 4.78 is 0. The molecule has 6 nitrogen and oxygen atoms in total. The summed E-state index contributed by atoms with van der Waals surface area (Å²) in [6, 6.07) is 1.17. The minimum absolute atomic E-state index is 0.168. The van der Waals surface area contributed by atoms with Gasteiger partial charge in [0.25, 0.3) is 0 Å². The quantitative estimate of drug-likeness (QED) is 0.660. The predicted octanol–water partition coefficient (Wildman–Crippen LogP) is 2.09. The molecule has 0 aromatic carbocycles. The number of amides is 2. The van der Waals surface area contributed by atoms with Crippen molar-refractivity contribution in [1.82, 2.24) is 20.0 Å². The van der Waals surface area contributed by atoms with Crippen LogP contribution in [0.2, 0.25) is 0 Å². The number of piperidine rings is 3. The summed E-state index contributed by atoms with van der Waals surface area (Å²) >= 11 is 0. The lowest BCUT2D eigenvalue weighted by Gasteiger charge is -2.52. The van der Waals surface area contributed by atoms with Crippen LogP contribution in [-0.2, 0) is 9.59 Å². The number of nitrogens with zero attached hydrogens (tertiary/aromatic N) is 3. The highest BCUT2D eigenvalue weighted by Crippen LogP contribution is 2.37. The van der Waals surface area contributed by atoms with E-state index >= 15 is 0 Å². The van der Waals surface area contributed by atoms with E-state index < -0.39 is 0 Å². The molecule has 1 aliphatic carbocycles. The number of hydrogen-bond donors (Lipinski definition) is 1. The summed E-state index contributed by atoms with van der Waals surface area (Å²) in [7, 11) is 2.24. The summed E-state index contributed by atoms with van der Waals surface area (Å²) in [6.45, 7) is 5.22. The lowest BCUT2D eigenvalue weighted by Crippen LogP contribution is -2.61. The molecular weight excluding hydrogens is 364 g/mol. The molecule has 0 radical (unpaired) electrons. The van der Waals surface area contributed by atoms with Gasteiger partial charge in [-0.25, -0.2) is 0 Å². The first-order chi connectivity index (χ1) is 14.1. The third-order valence-corrected chi connectivity index (χ3v) is 7.83. The van der Waals surface area contributed by atoms with Crippen molar-refractivity contribution in [2.45, 2.75) is 76.3 Å². The van der Waals surface area contributed by atoms with E-state index in [-0.39, 0.29) is 5.91 Å². The fourth-order valence-electron chi connectivity index (χ4n) is 6.36. The molecular formula is C23H40N4O2. The first-order valence-electron chi connectivity index (χ1n) is 12.1. The highest BCUT2D eigenvalue weighted by Gasteiger charge is 2.44. The second-order valence-electron chi connectivity index (χ2n) is 10.0. The molecule has 3 atom stereocenters. The van der Waals surface area contributed by atoms with Crippen molar-refractivity contribution >= 4 is 11.8 Å². The van der Waals surface area contributed by atoms with E-state index in [9.17, 15) is 9.59 Å². The summed E-state index contributed by atoms with van der Waals surface area (Å²) in [5.41, 5.74) is 0. The van der Waals surface area contributed by atoms with Gasteiger partial charge in [0.15, 0.2) is 0 Å². The van der Waals surface area contributed by atoms with Crippen LogP contribution in [0.3, 0.4) is 0 Å². The highest BCUT2D eigenvalue weighted by atomic mass is 16.2. The van der Waals surface area contributed by atoms with Gasteiger partial charge in [-0.05, 0) is 64.0 Å². The van der Waals surface area contributed by atoms with Gasteiger partial charge in [-0.15, -0.1) is 0 Å². The molecule has 3 saturated heterocycles. The molecule has 4 fully saturated rings. The van der Waals surface area contributed by atoms with E-state index in [0.717, 1.165) is 64.4 Å². The van der Waals surface area contributed by atoms with Crippen molar-refractivity contribution in [3.63, 3.8) is 0 Å². The van der Waals surface area contributed by atoms with Crippen LogP contribution in [0.15, 0.2) is 0 Å². The second-order valence-corrected chi connectivity index (χ2v) is 10.0. The molecule has 4 rings (SSSR count). The third-order valence-electron chi connectivity index (χ3n) is 7.83.